The number of nitrogens with one attached hydrogen (secondary N) is 1. The van der Waals surface area contributed by atoms with Gasteiger partial charge >= 0.3 is 112 Å². The van der Waals surface area contributed by atoms with E-state index in [4.69, 9.17) is 18.9 Å². The van der Waals surface area contributed by atoms with E-state index in [2.05, 4.69) is 29.5 Å². The Morgan fingerprint density at radius 2 is 1.45 bits per heavy atom. The monoisotopic (exact) mass is 875 g/mol. The topological polar surface area (TPSA) is 154 Å². The molecule has 0 unspecified atom stereocenters. The molecule has 0 spiro atoms. The number of benzene rings is 2. The van der Waals surface area contributed by atoms with Gasteiger partial charge < -0.3 is 19.7 Å². The van der Waals surface area contributed by atoms with Crippen molar-refractivity contribution in [2.24, 2.45) is 5.92 Å². The summed E-state index contributed by atoms with van der Waals surface area (Å²) in [5, 5.41) is 12.0. The number of rotatable bonds is 25. The van der Waals surface area contributed by atoms with Gasteiger partial charge in [-0.05, 0) is 17.5 Å². The van der Waals surface area contributed by atoms with Crippen LogP contribution in [0, 0.1) is 5.92 Å². The summed E-state index contributed by atoms with van der Waals surface area (Å²) >= 11 is -0.383. The van der Waals surface area contributed by atoms with Gasteiger partial charge in [-0.2, -0.15) is 0 Å². The Balaban J connectivity index is 1.07. The number of fused-ring (bicyclic) bond motifs is 5. The summed E-state index contributed by atoms with van der Waals surface area (Å²) in [7, 11) is 1.74. The molecule has 1 aliphatic heterocycles. The summed E-state index contributed by atoms with van der Waals surface area (Å²) in [5.74, 6) is 0.104. The van der Waals surface area contributed by atoms with Gasteiger partial charge in [-0.1, -0.05) is 61.5 Å². The number of anilines is 1. The number of para-hydroxylation sites is 1. The molecular formula is C40H56IN6O8-. The van der Waals surface area contributed by atoms with E-state index >= 15 is 0 Å². The standard InChI is InChI=1S/C40H56IN6O8/c1-30(2)28-47-40-33-12-7-8-13-34(33)46(29-31-10-5-6-11-32(31)39(40)43-44-47)38(51)16-18-42-36(49)17-20-52-22-24-54-26-27-55-25-23-53-21-19-45(4)37(50)15-9-14-35(48)41-3/h5-8,10-13,30H,9,14-29H2,1-4H3,(H,42,49)/q-1. The fourth-order valence-electron chi connectivity index (χ4n) is 5.96. The number of carbonyl (C=O) groups is 4. The number of carbonyl (C=O) groups excluding carboxylic acids is 4. The van der Waals surface area contributed by atoms with Crippen LogP contribution in [0.5, 0.6) is 0 Å². The maximum absolute atomic E-state index is 13.8. The fourth-order valence-corrected chi connectivity index (χ4v) is 6.88. The van der Waals surface area contributed by atoms with Crippen molar-refractivity contribution in [2.45, 2.75) is 59.0 Å². The van der Waals surface area contributed by atoms with E-state index in [-0.39, 0.29) is 64.9 Å². The molecule has 1 N–H and O–H groups in total. The van der Waals surface area contributed by atoms with E-state index in [1.165, 1.54) is 0 Å². The molecule has 14 nitrogen and oxygen atoms in total. The molecular weight excluding hydrogens is 819 g/mol. The Morgan fingerprint density at radius 1 is 0.818 bits per heavy atom. The predicted octanol–water partition coefficient (Wildman–Crippen LogP) is 0.952. The van der Waals surface area contributed by atoms with Crippen LogP contribution in [-0.2, 0) is 51.2 Å². The first-order valence-electron chi connectivity index (χ1n) is 18.9. The van der Waals surface area contributed by atoms with Crippen LogP contribution in [0.4, 0.5) is 5.69 Å². The summed E-state index contributed by atoms with van der Waals surface area (Å²) in [6.45, 7) is 9.10. The van der Waals surface area contributed by atoms with Gasteiger partial charge in [-0.3, -0.25) is 9.59 Å². The molecule has 302 valence electrons. The Bertz CT molecular complexity index is 1680. The number of hydrogen-bond donors (Lipinski definition) is 1. The van der Waals surface area contributed by atoms with Crippen molar-refractivity contribution >= 4 is 27.2 Å². The zero-order valence-electron chi connectivity index (χ0n) is 32.6. The number of amides is 3. The Kier molecular flexibility index (Phi) is 19.2. The number of hydrogen-bond acceptors (Lipinski definition) is 10. The van der Waals surface area contributed by atoms with Crippen LogP contribution in [0.1, 0.15) is 51.5 Å². The van der Waals surface area contributed by atoms with E-state index < -0.39 is 0 Å². The van der Waals surface area contributed by atoms with E-state index in [9.17, 15) is 19.2 Å². The van der Waals surface area contributed by atoms with E-state index in [1.54, 1.807) is 16.8 Å². The average molecular weight is 876 g/mol. The van der Waals surface area contributed by atoms with Gasteiger partial charge in [0.2, 0.25) is 11.8 Å². The van der Waals surface area contributed by atoms with Crippen molar-refractivity contribution in [3.8, 4) is 22.5 Å². The molecule has 1 aliphatic rings. The first kappa shape index (κ1) is 44.0. The predicted molar refractivity (Wildman–Crippen MR) is 205 cm³/mol. The Labute approximate surface area is 334 Å². The molecule has 2 aromatic carbocycles. The van der Waals surface area contributed by atoms with Crippen LogP contribution < -0.4 is 31.4 Å². The van der Waals surface area contributed by atoms with Crippen LogP contribution in [0.15, 0.2) is 48.5 Å². The maximum atomic E-state index is 13.8. The van der Waals surface area contributed by atoms with Crippen molar-refractivity contribution in [3.05, 3.63) is 54.1 Å². The summed E-state index contributed by atoms with van der Waals surface area (Å²) in [5.41, 5.74) is 5.33. The summed E-state index contributed by atoms with van der Waals surface area (Å²) in [6.07, 6.45) is 1.82. The third kappa shape index (κ3) is 14.4. The molecule has 4 rings (SSSR count). The SMILES string of the molecule is C[I-]C(=O)CCCC(=O)N(C)CCOCCOCCOCCOCCC(=O)NCCC(=O)N1Cc2ccccc2-c2nnn(CC(C)C)c2-c2ccccc21. The zero-order valence-corrected chi connectivity index (χ0v) is 34.8. The third-order valence-electron chi connectivity index (χ3n) is 8.85. The first-order valence-corrected chi connectivity index (χ1v) is 22.2. The molecule has 55 heavy (non-hydrogen) atoms. The molecule has 0 fully saturated rings. The molecule has 0 bridgehead atoms. The molecule has 0 radical (unpaired) electrons. The number of halogens is 1. The average Bonchev–Trinajstić information content (AvgIpc) is 3.57. The van der Waals surface area contributed by atoms with Crippen molar-refractivity contribution in [2.75, 3.05) is 82.8 Å². The molecule has 0 saturated carbocycles. The smallest absolute Gasteiger partial charge is 0.379 e. The molecule has 1 aromatic heterocycles. The molecule has 0 saturated heterocycles. The fraction of sp³-hybridized carbons (Fsp3) is 0.550. The number of aromatic nitrogens is 3. The van der Waals surface area contributed by atoms with Crippen molar-refractivity contribution < 1.29 is 59.3 Å². The van der Waals surface area contributed by atoms with Gasteiger partial charge in [-0.15, -0.1) is 5.10 Å². The van der Waals surface area contributed by atoms with Crippen molar-refractivity contribution in [3.63, 3.8) is 0 Å². The van der Waals surface area contributed by atoms with E-state index in [1.807, 2.05) is 58.1 Å². The first-order chi connectivity index (χ1) is 26.7. The molecule has 15 heteroatoms. The van der Waals surface area contributed by atoms with Crippen molar-refractivity contribution in [1.29, 1.82) is 0 Å². The van der Waals surface area contributed by atoms with Crippen LogP contribution in [0.3, 0.4) is 0 Å². The second-order valence-electron chi connectivity index (χ2n) is 13.5. The van der Waals surface area contributed by atoms with Gasteiger partial charge in [0.15, 0.2) is 0 Å². The van der Waals surface area contributed by atoms with Gasteiger partial charge in [0.25, 0.3) is 0 Å². The molecule has 2 heterocycles. The molecule has 3 amide bonds. The van der Waals surface area contributed by atoms with Crippen LogP contribution in [-0.4, -0.2) is 119 Å². The Morgan fingerprint density at radius 3 is 2.15 bits per heavy atom. The second kappa shape index (κ2) is 24.0. The summed E-state index contributed by atoms with van der Waals surface area (Å²) in [6, 6.07) is 15.9. The number of alkyl halides is 1. The Hall–Kier alpha value is -3.77. The normalized spacial score (nSPS) is 12.1. The number of ether oxygens (including phenoxy) is 4. The molecule has 3 aromatic rings. The zero-order chi connectivity index (χ0) is 39.4. The minimum Gasteiger partial charge on any atom is -0.379 e. The van der Waals surface area contributed by atoms with Crippen LogP contribution in [0.25, 0.3) is 22.5 Å². The van der Waals surface area contributed by atoms with Gasteiger partial charge in [0.1, 0.15) is 5.69 Å². The van der Waals surface area contributed by atoms with E-state index in [0.717, 1.165) is 33.8 Å². The van der Waals surface area contributed by atoms with Gasteiger partial charge in [0, 0.05) is 37.1 Å². The minimum atomic E-state index is -0.383. The van der Waals surface area contributed by atoms with Crippen LogP contribution in [0.2, 0.25) is 0 Å². The second-order valence-corrected chi connectivity index (χ2v) is 15.8. The minimum absolute atomic E-state index is 0.0253. The molecule has 0 aliphatic carbocycles. The van der Waals surface area contributed by atoms with Gasteiger partial charge in [0.05, 0.1) is 51.0 Å². The van der Waals surface area contributed by atoms with Gasteiger partial charge in [-0.25, -0.2) is 4.68 Å². The summed E-state index contributed by atoms with van der Waals surface area (Å²) in [4.78, 5) is 55.2. The number of likely N-dealkylation sites (N-methyl/N-ethyl adjacent to an activating group) is 1. The summed E-state index contributed by atoms with van der Waals surface area (Å²) < 4.78 is 24.4. The molecule has 0 atom stereocenters. The van der Waals surface area contributed by atoms with Crippen LogP contribution >= 0.6 is 0 Å². The van der Waals surface area contributed by atoms with Crippen molar-refractivity contribution in [1.82, 2.24) is 25.2 Å². The third-order valence-corrected chi connectivity index (χ3v) is 10.6. The quantitative estimate of drug-likeness (QED) is 0.0564. The van der Waals surface area contributed by atoms with E-state index in [0.29, 0.717) is 94.9 Å². The number of nitrogens with zero attached hydrogens (tertiary/aromatic N) is 5.